The number of nitrogens with zero attached hydrogens (tertiary/aromatic N) is 4. The number of rotatable bonds is 3. The van der Waals surface area contributed by atoms with Crippen LogP contribution in [0.15, 0.2) is 6.07 Å². The molecule has 0 N–H and O–H groups in total. The summed E-state index contributed by atoms with van der Waals surface area (Å²) < 4.78 is 0. The minimum Gasteiger partial charge on any atom is -0.356 e. The Labute approximate surface area is 122 Å². The molecule has 110 valence electrons. The molecule has 0 spiro atoms. The molecule has 0 aliphatic carbocycles. The van der Waals surface area contributed by atoms with Gasteiger partial charge in [0.05, 0.1) is 0 Å². The van der Waals surface area contributed by atoms with Crippen molar-refractivity contribution in [2.45, 2.75) is 58.4 Å². The maximum Gasteiger partial charge on any atom is 0.134 e. The van der Waals surface area contributed by atoms with Crippen molar-refractivity contribution >= 4 is 11.6 Å². The third-order valence-corrected chi connectivity index (χ3v) is 4.63. The Balaban J connectivity index is 1.87. The van der Waals surface area contributed by atoms with E-state index in [1.807, 2.05) is 6.92 Å². The molecule has 2 fully saturated rings. The zero-order valence-electron chi connectivity index (χ0n) is 12.8. The molecule has 2 aliphatic heterocycles. The predicted molar refractivity (Wildman–Crippen MR) is 83.5 cm³/mol. The van der Waals surface area contributed by atoms with Crippen molar-refractivity contribution in [1.29, 1.82) is 0 Å². The topological polar surface area (TPSA) is 32.3 Å². The van der Waals surface area contributed by atoms with Gasteiger partial charge in [0.25, 0.3) is 0 Å². The minimum atomic E-state index is 0.657. The quantitative estimate of drug-likeness (QED) is 0.847. The van der Waals surface area contributed by atoms with E-state index in [0.29, 0.717) is 6.04 Å². The van der Waals surface area contributed by atoms with Crippen molar-refractivity contribution < 1.29 is 0 Å². The molecule has 1 aromatic rings. The highest BCUT2D eigenvalue weighted by atomic mass is 15.3. The molecule has 3 rings (SSSR count). The third-order valence-electron chi connectivity index (χ3n) is 4.63. The van der Waals surface area contributed by atoms with Gasteiger partial charge in [0.15, 0.2) is 0 Å². The van der Waals surface area contributed by atoms with E-state index in [1.165, 1.54) is 38.5 Å². The SMILES string of the molecule is CCC1CCCCN1c1cc(N2CCCC2)nc(C)n1. The van der Waals surface area contributed by atoms with Gasteiger partial charge in [-0.05, 0) is 45.4 Å². The van der Waals surface area contributed by atoms with Crippen LogP contribution in [0.1, 0.15) is 51.3 Å². The lowest BCUT2D eigenvalue weighted by Gasteiger charge is -2.36. The molecule has 0 aromatic carbocycles. The minimum absolute atomic E-state index is 0.657. The van der Waals surface area contributed by atoms with Crippen LogP contribution in [0, 0.1) is 6.92 Å². The molecule has 0 saturated carbocycles. The van der Waals surface area contributed by atoms with Crippen molar-refractivity contribution in [2.75, 3.05) is 29.4 Å². The van der Waals surface area contributed by atoms with Crippen molar-refractivity contribution in [3.63, 3.8) is 0 Å². The van der Waals surface area contributed by atoms with E-state index < -0.39 is 0 Å². The van der Waals surface area contributed by atoms with Crippen LogP contribution in [0.4, 0.5) is 11.6 Å². The van der Waals surface area contributed by atoms with Gasteiger partial charge in [0, 0.05) is 31.7 Å². The normalized spacial score (nSPS) is 23.4. The Morgan fingerprint density at radius 2 is 1.75 bits per heavy atom. The highest BCUT2D eigenvalue weighted by Gasteiger charge is 2.24. The first-order chi connectivity index (χ1) is 9.78. The average Bonchev–Trinajstić information content (AvgIpc) is 3.01. The fourth-order valence-electron chi connectivity index (χ4n) is 3.52. The van der Waals surface area contributed by atoms with Crippen LogP contribution in [0.5, 0.6) is 0 Å². The van der Waals surface area contributed by atoms with Gasteiger partial charge in [-0.2, -0.15) is 0 Å². The van der Waals surface area contributed by atoms with Crippen molar-refractivity contribution in [1.82, 2.24) is 9.97 Å². The predicted octanol–water partition coefficient (Wildman–Crippen LogP) is 3.15. The van der Waals surface area contributed by atoms with Gasteiger partial charge in [-0.25, -0.2) is 9.97 Å². The fraction of sp³-hybridized carbons (Fsp3) is 0.750. The van der Waals surface area contributed by atoms with Gasteiger partial charge in [-0.1, -0.05) is 6.92 Å². The van der Waals surface area contributed by atoms with Gasteiger partial charge in [0.2, 0.25) is 0 Å². The maximum atomic E-state index is 4.72. The second-order valence-electron chi connectivity index (χ2n) is 6.08. The second kappa shape index (κ2) is 5.98. The molecule has 2 saturated heterocycles. The molecule has 20 heavy (non-hydrogen) atoms. The summed E-state index contributed by atoms with van der Waals surface area (Å²) in [5, 5.41) is 0. The highest BCUT2D eigenvalue weighted by molar-refractivity contribution is 5.52. The van der Waals surface area contributed by atoms with E-state index in [1.54, 1.807) is 0 Å². The van der Waals surface area contributed by atoms with Gasteiger partial charge >= 0.3 is 0 Å². The summed E-state index contributed by atoms with van der Waals surface area (Å²) in [5.74, 6) is 3.18. The summed E-state index contributed by atoms with van der Waals surface area (Å²) in [4.78, 5) is 14.3. The number of aryl methyl sites for hydroxylation is 1. The number of anilines is 2. The van der Waals surface area contributed by atoms with E-state index in [0.717, 1.165) is 37.1 Å². The van der Waals surface area contributed by atoms with Crippen LogP contribution in [0.3, 0.4) is 0 Å². The smallest absolute Gasteiger partial charge is 0.134 e. The maximum absolute atomic E-state index is 4.72. The molecule has 0 bridgehead atoms. The molecule has 1 aromatic heterocycles. The molecular formula is C16H26N4. The number of piperidine rings is 1. The van der Waals surface area contributed by atoms with Crippen LogP contribution in [0.25, 0.3) is 0 Å². The number of hydrogen-bond donors (Lipinski definition) is 0. The lowest BCUT2D eigenvalue weighted by molar-refractivity contribution is 0.446. The van der Waals surface area contributed by atoms with Crippen LogP contribution in [-0.2, 0) is 0 Å². The van der Waals surface area contributed by atoms with E-state index in [4.69, 9.17) is 4.98 Å². The Morgan fingerprint density at radius 1 is 1.05 bits per heavy atom. The van der Waals surface area contributed by atoms with Gasteiger partial charge in [0.1, 0.15) is 17.5 Å². The van der Waals surface area contributed by atoms with E-state index in [9.17, 15) is 0 Å². The van der Waals surface area contributed by atoms with E-state index >= 15 is 0 Å². The van der Waals surface area contributed by atoms with Gasteiger partial charge in [-0.3, -0.25) is 0 Å². The summed E-state index contributed by atoms with van der Waals surface area (Å²) in [6.45, 7) is 7.75. The van der Waals surface area contributed by atoms with Gasteiger partial charge in [-0.15, -0.1) is 0 Å². The summed E-state index contributed by atoms with van der Waals surface area (Å²) in [6, 6.07) is 2.87. The lowest BCUT2D eigenvalue weighted by Crippen LogP contribution is -2.40. The van der Waals surface area contributed by atoms with E-state index in [2.05, 4.69) is 27.8 Å². The zero-order valence-corrected chi connectivity index (χ0v) is 12.8. The second-order valence-corrected chi connectivity index (χ2v) is 6.08. The molecule has 2 aliphatic rings. The zero-order chi connectivity index (χ0) is 13.9. The molecule has 1 unspecified atom stereocenters. The lowest BCUT2D eigenvalue weighted by atomic mass is 10.00. The summed E-state index contributed by atoms with van der Waals surface area (Å²) in [7, 11) is 0. The Morgan fingerprint density at radius 3 is 2.50 bits per heavy atom. The molecule has 4 heteroatoms. The van der Waals surface area contributed by atoms with Crippen LogP contribution in [0.2, 0.25) is 0 Å². The van der Waals surface area contributed by atoms with E-state index in [-0.39, 0.29) is 0 Å². The van der Waals surface area contributed by atoms with Gasteiger partial charge < -0.3 is 9.80 Å². The molecule has 0 radical (unpaired) electrons. The van der Waals surface area contributed by atoms with Crippen molar-refractivity contribution in [3.8, 4) is 0 Å². The first-order valence-corrected chi connectivity index (χ1v) is 8.15. The monoisotopic (exact) mass is 274 g/mol. The molecular weight excluding hydrogens is 248 g/mol. The van der Waals surface area contributed by atoms with Crippen molar-refractivity contribution in [2.24, 2.45) is 0 Å². The fourth-order valence-corrected chi connectivity index (χ4v) is 3.52. The molecule has 0 amide bonds. The molecule has 1 atom stereocenters. The standard InChI is InChI=1S/C16H26N4/c1-3-14-8-4-5-11-20(14)16-12-15(17-13(2)18-16)19-9-6-7-10-19/h12,14H,3-11H2,1-2H3. The Bertz CT molecular complexity index is 454. The first-order valence-electron chi connectivity index (χ1n) is 8.15. The third kappa shape index (κ3) is 2.74. The average molecular weight is 274 g/mol. The Kier molecular flexibility index (Phi) is 4.08. The number of hydrogen-bond acceptors (Lipinski definition) is 4. The summed E-state index contributed by atoms with van der Waals surface area (Å²) >= 11 is 0. The highest BCUT2D eigenvalue weighted by Crippen LogP contribution is 2.28. The Hall–Kier alpha value is -1.32. The van der Waals surface area contributed by atoms with Crippen molar-refractivity contribution in [3.05, 3.63) is 11.9 Å². The molecule has 3 heterocycles. The largest absolute Gasteiger partial charge is 0.356 e. The summed E-state index contributed by atoms with van der Waals surface area (Å²) in [6.07, 6.45) is 7.75. The van der Waals surface area contributed by atoms with Crippen LogP contribution < -0.4 is 9.80 Å². The van der Waals surface area contributed by atoms with Crippen LogP contribution >= 0.6 is 0 Å². The van der Waals surface area contributed by atoms with Crippen LogP contribution in [-0.4, -0.2) is 35.6 Å². The number of aromatic nitrogens is 2. The summed E-state index contributed by atoms with van der Waals surface area (Å²) in [5.41, 5.74) is 0. The first kappa shape index (κ1) is 13.7. The molecule has 4 nitrogen and oxygen atoms in total.